The van der Waals surface area contributed by atoms with Crippen molar-refractivity contribution < 1.29 is 24.2 Å². The summed E-state index contributed by atoms with van der Waals surface area (Å²) in [4.78, 5) is 22.2. The first-order valence-corrected chi connectivity index (χ1v) is 4.79. The van der Waals surface area contributed by atoms with E-state index in [1.165, 1.54) is 12.1 Å². The number of benzene rings is 1. The van der Waals surface area contributed by atoms with E-state index in [1.807, 2.05) is 0 Å². The molecule has 84 valence electrons. The van der Waals surface area contributed by atoms with E-state index >= 15 is 0 Å². The maximum Gasteiger partial charge on any atom is 0.348 e. The first-order chi connectivity index (χ1) is 7.65. The van der Waals surface area contributed by atoms with Crippen LogP contribution >= 0.6 is 0 Å². The molecule has 0 saturated carbocycles. The Bertz CT molecular complexity index is 409. The lowest BCUT2D eigenvalue weighted by molar-refractivity contribution is -0.184. The van der Waals surface area contributed by atoms with Crippen molar-refractivity contribution >= 4 is 11.9 Å². The Morgan fingerprint density at radius 1 is 1.25 bits per heavy atom. The molecule has 1 aliphatic rings. The molecule has 1 aliphatic heterocycles. The molecule has 0 unspecified atom stereocenters. The van der Waals surface area contributed by atoms with Gasteiger partial charge in [0.05, 0.1) is 0 Å². The highest BCUT2D eigenvalue weighted by atomic mass is 16.6. The largest absolute Gasteiger partial charge is 0.508 e. The van der Waals surface area contributed by atoms with Crippen LogP contribution in [0.1, 0.15) is 5.56 Å². The van der Waals surface area contributed by atoms with Gasteiger partial charge in [-0.15, -0.1) is 0 Å². The number of ether oxygens (including phenoxy) is 2. The van der Waals surface area contributed by atoms with Crippen molar-refractivity contribution in [3.63, 3.8) is 0 Å². The summed E-state index contributed by atoms with van der Waals surface area (Å²) in [7, 11) is 0. The molecular formula is C11H10O5. The molecule has 5 heteroatoms. The van der Waals surface area contributed by atoms with Crippen LogP contribution in [-0.2, 0) is 25.5 Å². The maximum atomic E-state index is 11.3. The molecule has 1 aromatic rings. The fourth-order valence-corrected chi connectivity index (χ4v) is 1.43. The van der Waals surface area contributed by atoms with Crippen LogP contribution < -0.4 is 0 Å². The molecule has 1 heterocycles. The lowest BCUT2D eigenvalue weighted by Crippen LogP contribution is -2.38. The van der Waals surface area contributed by atoms with E-state index in [2.05, 4.69) is 4.74 Å². The number of carbonyl (C=O) groups is 2. The third kappa shape index (κ3) is 2.31. The SMILES string of the molecule is O=C1COC(=O)[C@@H](Cc2ccc(O)cc2)O1. The zero-order valence-corrected chi connectivity index (χ0v) is 8.38. The maximum absolute atomic E-state index is 11.3. The van der Waals surface area contributed by atoms with Gasteiger partial charge in [-0.3, -0.25) is 0 Å². The van der Waals surface area contributed by atoms with Crippen LogP contribution in [0.2, 0.25) is 0 Å². The zero-order valence-electron chi connectivity index (χ0n) is 8.38. The minimum Gasteiger partial charge on any atom is -0.508 e. The molecule has 1 fully saturated rings. The number of hydrogen-bond acceptors (Lipinski definition) is 5. The van der Waals surface area contributed by atoms with Crippen molar-refractivity contribution in [2.24, 2.45) is 0 Å². The molecule has 16 heavy (non-hydrogen) atoms. The number of phenolic OH excluding ortho intramolecular Hbond substituents is 1. The van der Waals surface area contributed by atoms with Gasteiger partial charge >= 0.3 is 11.9 Å². The minimum atomic E-state index is -0.884. The monoisotopic (exact) mass is 222 g/mol. The number of aromatic hydroxyl groups is 1. The fraction of sp³-hybridized carbons (Fsp3) is 0.273. The molecular weight excluding hydrogens is 212 g/mol. The Morgan fingerprint density at radius 3 is 2.62 bits per heavy atom. The average molecular weight is 222 g/mol. The molecule has 0 amide bonds. The van der Waals surface area contributed by atoms with Gasteiger partial charge in [-0.05, 0) is 17.7 Å². The lowest BCUT2D eigenvalue weighted by atomic mass is 10.1. The Kier molecular flexibility index (Phi) is 2.76. The summed E-state index contributed by atoms with van der Waals surface area (Å²) < 4.78 is 9.49. The van der Waals surface area contributed by atoms with Crippen LogP contribution in [-0.4, -0.2) is 29.8 Å². The van der Waals surface area contributed by atoms with E-state index < -0.39 is 18.0 Å². The summed E-state index contributed by atoms with van der Waals surface area (Å²) >= 11 is 0. The van der Waals surface area contributed by atoms with E-state index in [0.29, 0.717) is 0 Å². The van der Waals surface area contributed by atoms with Gasteiger partial charge in [0.25, 0.3) is 0 Å². The number of phenols is 1. The second-order valence-corrected chi connectivity index (χ2v) is 3.46. The van der Waals surface area contributed by atoms with Gasteiger partial charge in [-0.2, -0.15) is 0 Å². The normalized spacial score (nSPS) is 20.1. The van der Waals surface area contributed by atoms with Crippen LogP contribution in [0.15, 0.2) is 24.3 Å². The quantitative estimate of drug-likeness (QED) is 0.733. The second-order valence-electron chi connectivity index (χ2n) is 3.46. The lowest BCUT2D eigenvalue weighted by Gasteiger charge is -2.21. The molecule has 1 aromatic carbocycles. The third-order valence-electron chi connectivity index (χ3n) is 2.23. The molecule has 1 atom stereocenters. The Hall–Kier alpha value is -2.04. The average Bonchev–Trinajstić information content (AvgIpc) is 2.27. The summed E-state index contributed by atoms with van der Waals surface area (Å²) in [5.41, 5.74) is 0.787. The number of carbonyl (C=O) groups excluding carboxylic acids is 2. The number of esters is 2. The highest BCUT2D eigenvalue weighted by Gasteiger charge is 2.30. The first kappa shape index (κ1) is 10.5. The van der Waals surface area contributed by atoms with E-state index in [-0.39, 0.29) is 18.8 Å². The molecule has 0 aromatic heterocycles. The Labute approximate surface area is 91.6 Å². The zero-order chi connectivity index (χ0) is 11.5. The Morgan fingerprint density at radius 2 is 1.94 bits per heavy atom. The molecule has 5 nitrogen and oxygen atoms in total. The van der Waals surface area contributed by atoms with Gasteiger partial charge in [0.2, 0.25) is 6.10 Å². The van der Waals surface area contributed by atoms with Crippen molar-refractivity contribution in [1.29, 1.82) is 0 Å². The van der Waals surface area contributed by atoms with Crippen molar-refractivity contribution in [3.8, 4) is 5.75 Å². The first-order valence-electron chi connectivity index (χ1n) is 4.79. The molecule has 1 saturated heterocycles. The van der Waals surface area contributed by atoms with Gasteiger partial charge in [0.15, 0.2) is 6.61 Å². The van der Waals surface area contributed by atoms with Gasteiger partial charge in [0.1, 0.15) is 5.75 Å². The molecule has 0 spiro atoms. The number of rotatable bonds is 2. The molecule has 0 aliphatic carbocycles. The summed E-state index contributed by atoms with van der Waals surface area (Å²) in [5, 5.41) is 9.08. The highest BCUT2D eigenvalue weighted by molar-refractivity contribution is 5.85. The van der Waals surface area contributed by atoms with Crippen LogP contribution in [0, 0.1) is 0 Å². The highest BCUT2D eigenvalue weighted by Crippen LogP contribution is 2.14. The van der Waals surface area contributed by atoms with Crippen LogP contribution in [0.3, 0.4) is 0 Å². The van der Waals surface area contributed by atoms with Crippen molar-refractivity contribution in [1.82, 2.24) is 0 Å². The van der Waals surface area contributed by atoms with E-state index in [1.54, 1.807) is 12.1 Å². The summed E-state index contributed by atoms with van der Waals surface area (Å²) in [6, 6.07) is 6.33. The van der Waals surface area contributed by atoms with Crippen LogP contribution in [0.4, 0.5) is 0 Å². The van der Waals surface area contributed by atoms with Gasteiger partial charge in [-0.1, -0.05) is 12.1 Å². The molecule has 0 radical (unpaired) electrons. The Balaban J connectivity index is 2.05. The molecule has 1 N–H and O–H groups in total. The van der Waals surface area contributed by atoms with E-state index in [9.17, 15) is 9.59 Å². The van der Waals surface area contributed by atoms with Crippen molar-refractivity contribution in [2.75, 3.05) is 6.61 Å². The number of hydrogen-bond donors (Lipinski definition) is 1. The third-order valence-corrected chi connectivity index (χ3v) is 2.23. The van der Waals surface area contributed by atoms with Gasteiger partial charge < -0.3 is 14.6 Å². The summed E-state index contributed by atoms with van der Waals surface area (Å²) in [6.45, 7) is -0.315. The predicted octanol–water partition coefficient (Wildman–Crippen LogP) is 0.403. The minimum absolute atomic E-state index is 0.145. The van der Waals surface area contributed by atoms with E-state index in [0.717, 1.165) is 5.56 Å². The fourth-order valence-electron chi connectivity index (χ4n) is 1.43. The topological polar surface area (TPSA) is 72.8 Å². The standard InChI is InChI=1S/C11H10O5/c12-8-3-1-7(2-4-8)5-9-11(14)15-6-10(13)16-9/h1-4,9,12H,5-6H2/t9-/m1/s1. The second kappa shape index (κ2) is 4.22. The summed E-state index contributed by atoms with van der Waals surface area (Å²) in [6.07, 6.45) is -0.629. The predicted molar refractivity (Wildman–Crippen MR) is 52.6 cm³/mol. The van der Waals surface area contributed by atoms with Crippen molar-refractivity contribution in [3.05, 3.63) is 29.8 Å². The van der Waals surface area contributed by atoms with Gasteiger partial charge in [-0.25, -0.2) is 9.59 Å². The molecule has 0 bridgehead atoms. The summed E-state index contributed by atoms with van der Waals surface area (Å²) in [5.74, 6) is -0.928. The smallest absolute Gasteiger partial charge is 0.348 e. The van der Waals surface area contributed by atoms with E-state index in [4.69, 9.17) is 9.84 Å². The van der Waals surface area contributed by atoms with Crippen molar-refractivity contribution in [2.45, 2.75) is 12.5 Å². The van der Waals surface area contributed by atoms with Crippen LogP contribution in [0.25, 0.3) is 0 Å². The number of cyclic esters (lactones) is 2. The van der Waals surface area contributed by atoms with Gasteiger partial charge in [0, 0.05) is 6.42 Å². The van der Waals surface area contributed by atoms with Crippen LogP contribution in [0.5, 0.6) is 5.75 Å². The molecule has 2 rings (SSSR count).